The number of amides is 1. The van der Waals surface area contributed by atoms with Gasteiger partial charge < -0.3 is 15.5 Å². The average molecular weight is 269 g/mol. The van der Waals surface area contributed by atoms with Gasteiger partial charge in [0.2, 0.25) is 5.91 Å². The van der Waals surface area contributed by atoms with Crippen molar-refractivity contribution in [1.82, 2.24) is 10.3 Å². The lowest BCUT2D eigenvalue weighted by Crippen LogP contribution is -2.24. The molecule has 2 aromatic heterocycles. The van der Waals surface area contributed by atoms with Crippen molar-refractivity contribution in [2.24, 2.45) is 0 Å². The van der Waals surface area contributed by atoms with Gasteiger partial charge in [0.1, 0.15) is 5.76 Å². The van der Waals surface area contributed by atoms with Crippen molar-refractivity contribution in [3.8, 4) is 0 Å². The number of anilines is 1. The average Bonchev–Trinajstić information content (AvgIpc) is 2.95. The van der Waals surface area contributed by atoms with E-state index in [-0.39, 0.29) is 5.91 Å². The van der Waals surface area contributed by atoms with Crippen LogP contribution in [0.3, 0.4) is 0 Å². The van der Waals surface area contributed by atoms with Crippen LogP contribution in [-0.4, -0.2) is 16.6 Å². The number of hydrogen-bond donors (Lipinski definition) is 2. The van der Waals surface area contributed by atoms with Crippen LogP contribution >= 0.6 is 23.1 Å². The Balaban J connectivity index is 1.71. The fourth-order valence-corrected chi connectivity index (χ4v) is 2.71. The van der Waals surface area contributed by atoms with E-state index in [4.69, 9.17) is 10.2 Å². The number of furan rings is 1. The number of nitrogens with zero attached hydrogens (tertiary/aromatic N) is 1. The molecule has 7 heteroatoms. The van der Waals surface area contributed by atoms with E-state index >= 15 is 0 Å². The zero-order chi connectivity index (χ0) is 12.1. The second kappa shape index (κ2) is 5.74. The molecule has 2 aromatic rings. The van der Waals surface area contributed by atoms with E-state index in [1.807, 2.05) is 6.07 Å². The van der Waals surface area contributed by atoms with Crippen LogP contribution in [0.5, 0.6) is 0 Å². The predicted octanol–water partition coefficient (Wildman–Crippen LogP) is 1.73. The number of carbonyl (C=O) groups excluding carboxylic acids is 1. The summed E-state index contributed by atoms with van der Waals surface area (Å²) >= 11 is 2.80. The number of nitrogens with two attached hydrogens (primary N) is 1. The van der Waals surface area contributed by atoms with Crippen LogP contribution < -0.4 is 11.1 Å². The first-order chi connectivity index (χ1) is 8.24. The van der Waals surface area contributed by atoms with Crippen LogP contribution in [0.15, 0.2) is 33.2 Å². The van der Waals surface area contributed by atoms with Gasteiger partial charge in [0.05, 0.1) is 29.0 Å². The maximum absolute atomic E-state index is 11.5. The molecule has 2 heterocycles. The van der Waals surface area contributed by atoms with Gasteiger partial charge in [-0.3, -0.25) is 4.79 Å². The van der Waals surface area contributed by atoms with Crippen molar-refractivity contribution < 1.29 is 9.21 Å². The van der Waals surface area contributed by atoms with Crippen molar-refractivity contribution in [3.63, 3.8) is 0 Å². The van der Waals surface area contributed by atoms with E-state index in [1.54, 1.807) is 18.5 Å². The Bertz CT molecular complexity index is 481. The number of thiazole rings is 1. The van der Waals surface area contributed by atoms with Gasteiger partial charge in [-0.05, 0) is 12.1 Å². The van der Waals surface area contributed by atoms with Gasteiger partial charge in [0.15, 0.2) is 5.13 Å². The predicted molar refractivity (Wildman–Crippen MR) is 67.8 cm³/mol. The Hall–Kier alpha value is -1.47. The van der Waals surface area contributed by atoms with Gasteiger partial charge in [-0.1, -0.05) is 11.3 Å². The highest BCUT2D eigenvalue weighted by molar-refractivity contribution is 8.01. The minimum absolute atomic E-state index is 0.0432. The Morgan fingerprint density at radius 1 is 1.65 bits per heavy atom. The van der Waals surface area contributed by atoms with Crippen LogP contribution in [0.4, 0.5) is 5.13 Å². The normalized spacial score (nSPS) is 10.4. The summed E-state index contributed by atoms with van der Waals surface area (Å²) < 4.78 is 6.04. The molecular weight excluding hydrogens is 258 g/mol. The largest absolute Gasteiger partial charge is 0.467 e. The molecule has 5 nitrogen and oxygen atoms in total. The third kappa shape index (κ3) is 3.79. The molecule has 2 rings (SSSR count). The third-order valence-corrected chi connectivity index (χ3v) is 3.91. The van der Waals surface area contributed by atoms with Crippen molar-refractivity contribution in [1.29, 1.82) is 0 Å². The Kier molecular flexibility index (Phi) is 4.05. The first-order valence-electron chi connectivity index (χ1n) is 4.87. The highest BCUT2D eigenvalue weighted by atomic mass is 32.2. The number of rotatable bonds is 5. The Morgan fingerprint density at radius 3 is 3.18 bits per heavy atom. The molecule has 0 atom stereocenters. The van der Waals surface area contributed by atoms with Crippen molar-refractivity contribution in [2.75, 3.05) is 11.5 Å². The molecule has 0 saturated carbocycles. The molecule has 17 heavy (non-hydrogen) atoms. The number of nitrogen functional groups attached to an aromatic ring is 1. The number of thioether (sulfide) groups is 1. The zero-order valence-electron chi connectivity index (χ0n) is 8.88. The molecule has 0 aliphatic carbocycles. The van der Waals surface area contributed by atoms with Crippen molar-refractivity contribution >= 4 is 34.1 Å². The zero-order valence-corrected chi connectivity index (χ0v) is 10.5. The molecule has 1 amide bonds. The Labute approximate surface area is 106 Å². The monoisotopic (exact) mass is 269 g/mol. The van der Waals surface area contributed by atoms with E-state index < -0.39 is 0 Å². The number of hydrogen-bond acceptors (Lipinski definition) is 6. The van der Waals surface area contributed by atoms with Gasteiger partial charge in [-0.15, -0.1) is 11.8 Å². The maximum atomic E-state index is 11.5. The molecular formula is C10H11N3O2S2. The second-order valence-electron chi connectivity index (χ2n) is 3.16. The molecule has 0 bridgehead atoms. The molecule has 0 spiro atoms. The fourth-order valence-electron chi connectivity index (χ4n) is 1.13. The highest BCUT2D eigenvalue weighted by Gasteiger charge is 2.05. The lowest BCUT2D eigenvalue weighted by molar-refractivity contribution is -0.118. The molecule has 90 valence electrons. The van der Waals surface area contributed by atoms with E-state index in [0.717, 1.165) is 9.97 Å². The number of aromatic nitrogens is 1. The summed E-state index contributed by atoms with van der Waals surface area (Å²) in [6.07, 6.45) is 3.25. The van der Waals surface area contributed by atoms with E-state index in [9.17, 15) is 4.79 Å². The van der Waals surface area contributed by atoms with Crippen LogP contribution in [0.1, 0.15) is 5.76 Å². The standard InChI is InChI=1S/C10H11N3O2S2/c11-10-13-5-9(17-10)16-6-8(14)12-4-7-2-1-3-15-7/h1-3,5H,4,6H2,(H2,11,13)(H,12,14). The van der Waals surface area contributed by atoms with Crippen LogP contribution in [-0.2, 0) is 11.3 Å². The molecule has 0 unspecified atom stereocenters. The van der Waals surface area contributed by atoms with Crippen LogP contribution in [0.25, 0.3) is 0 Å². The summed E-state index contributed by atoms with van der Waals surface area (Å²) in [6.45, 7) is 0.414. The second-order valence-corrected chi connectivity index (χ2v) is 5.50. The van der Waals surface area contributed by atoms with Gasteiger partial charge in [0.25, 0.3) is 0 Å². The molecule has 0 saturated heterocycles. The quantitative estimate of drug-likeness (QED) is 0.808. The molecule has 0 aliphatic heterocycles. The number of nitrogens with one attached hydrogen (secondary N) is 1. The minimum atomic E-state index is -0.0432. The first-order valence-corrected chi connectivity index (χ1v) is 6.67. The van der Waals surface area contributed by atoms with Crippen molar-refractivity contribution in [3.05, 3.63) is 30.4 Å². The summed E-state index contributed by atoms with van der Waals surface area (Å²) in [5.74, 6) is 1.05. The summed E-state index contributed by atoms with van der Waals surface area (Å²) in [7, 11) is 0. The molecule has 0 aliphatic rings. The highest BCUT2D eigenvalue weighted by Crippen LogP contribution is 2.25. The van der Waals surface area contributed by atoms with Gasteiger partial charge in [-0.25, -0.2) is 4.98 Å². The summed E-state index contributed by atoms with van der Waals surface area (Å²) in [6, 6.07) is 3.60. The van der Waals surface area contributed by atoms with E-state index in [2.05, 4.69) is 10.3 Å². The topological polar surface area (TPSA) is 81.1 Å². The summed E-state index contributed by atoms with van der Waals surface area (Å²) in [5, 5.41) is 3.28. The summed E-state index contributed by atoms with van der Waals surface area (Å²) in [4.78, 5) is 15.4. The van der Waals surface area contributed by atoms with E-state index in [1.165, 1.54) is 23.1 Å². The SMILES string of the molecule is Nc1ncc(SCC(=O)NCc2ccco2)s1. The van der Waals surface area contributed by atoms with Gasteiger partial charge >= 0.3 is 0 Å². The summed E-state index contributed by atoms with van der Waals surface area (Å²) in [5.41, 5.74) is 5.49. The first kappa shape index (κ1) is 12.0. The fraction of sp³-hybridized carbons (Fsp3) is 0.200. The molecule has 0 radical (unpaired) electrons. The lowest BCUT2D eigenvalue weighted by Gasteiger charge is -2.01. The number of carbonyl (C=O) groups is 1. The van der Waals surface area contributed by atoms with Gasteiger partial charge in [0, 0.05) is 0 Å². The lowest BCUT2D eigenvalue weighted by atomic mass is 10.4. The van der Waals surface area contributed by atoms with Crippen molar-refractivity contribution in [2.45, 2.75) is 10.8 Å². The molecule has 0 fully saturated rings. The molecule has 0 aromatic carbocycles. The third-order valence-electron chi connectivity index (χ3n) is 1.89. The molecule has 3 N–H and O–H groups in total. The smallest absolute Gasteiger partial charge is 0.230 e. The maximum Gasteiger partial charge on any atom is 0.230 e. The van der Waals surface area contributed by atoms with Crippen LogP contribution in [0.2, 0.25) is 0 Å². The van der Waals surface area contributed by atoms with Crippen LogP contribution in [0, 0.1) is 0 Å². The minimum Gasteiger partial charge on any atom is -0.467 e. The van der Waals surface area contributed by atoms with E-state index in [0.29, 0.717) is 17.4 Å². The van der Waals surface area contributed by atoms with Gasteiger partial charge in [-0.2, -0.15) is 0 Å². The Morgan fingerprint density at radius 2 is 2.53 bits per heavy atom.